The molecule has 5 nitrogen and oxygen atoms in total. The van der Waals surface area contributed by atoms with Crippen LogP contribution < -0.4 is 5.32 Å². The molecule has 2 N–H and O–H groups in total. The molecule has 24 heavy (non-hydrogen) atoms. The molecular formula is C19H22N4O. The Hall–Kier alpha value is -2.66. The molecule has 2 aromatic carbocycles. The predicted molar refractivity (Wildman–Crippen MR) is 97.0 cm³/mol. The van der Waals surface area contributed by atoms with E-state index in [1.165, 1.54) is 16.3 Å². The van der Waals surface area contributed by atoms with Crippen molar-refractivity contribution in [2.75, 3.05) is 18.9 Å². The van der Waals surface area contributed by atoms with Gasteiger partial charge in [-0.3, -0.25) is 14.8 Å². The van der Waals surface area contributed by atoms with Gasteiger partial charge in [-0.2, -0.15) is 5.10 Å². The molecule has 0 saturated heterocycles. The normalized spacial score (nSPS) is 11.2. The second-order valence-electron chi connectivity index (χ2n) is 6.21. The zero-order valence-electron chi connectivity index (χ0n) is 14.3. The summed E-state index contributed by atoms with van der Waals surface area (Å²) < 4.78 is 0. The number of aromatic amines is 1. The Morgan fingerprint density at radius 2 is 1.92 bits per heavy atom. The third kappa shape index (κ3) is 3.63. The summed E-state index contributed by atoms with van der Waals surface area (Å²) >= 11 is 0. The summed E-state index contributed by atoms with van der Waals surface area (Å²) in [6.07, 6.45) is 0. The fourth-order valence-corrected chi connectivity index (χ4v) is 2.86. The van der Waals surface area contributed by atoms with Crippen molar-refractivity contribution in [3.8, 4) is 0 Å². The van der Waals surface area contributed by atoms with E-state index in [0.29, 0.717) is 6.54 Å². The van der Waals surface area contributed by atoms with Gasteiger partial charge in [0.2, 0.25) is 5.91 Å². The van der Waals surface area contributed by atoms with Crippen LogP contribution in [-0.4, -0.2) is 34.6 Å². The number of aromatic nitrogens is 2. The van der Waals surface area contributed by atoms with Crippen LogP contribution >= 0.6 is 0 Å². The number of aryl methyl sites for hydroxylation is 2. The van der Waals surface area contributed by atoms with Crippen LogP contribution in [-0.2, 0) is 11.3 Å². The molecule has 3 aromatic rings. The highest BCUT2D eigenvalue weighted by atomic mass is 16.2. The minimum absolute atomic E-state index is 0.0362. The summed E-state index contributed by atoms with van der Waals surface area (Å²) in [7, 11) is 1.95. The number of benzene rings is 2. The lowest BCUT2D eigenvalue weighted by molar-refractivity contribution is -0.117. The highest BCUT2D eigenvalue weighted by molar-refractivity contribution is 5.93. The number of amides is 1. The van der Waals surface area contributed by atoms with Gasteiger partial charge in [0.25, 0.3) is 0 Å². The van der Waals surface area contributed by atoms with Gasteiger partial charge in [0, 0.05) is 6.54 Å². The number of likely N-dealkylation sites (N-methyl/N-ethyl adjacent to an activating group) is 1. The van der Waals surface area contributed by atoms with Crippen LogP contribution in [0.25, 0.3) is 10.8 Å². The molecule has 0 atom stereocenters. The van der Waals surface area contributed by atoms with Gasteiger partial charge in [0.1, 0.15) is 0 Å². The fraction of sp³-hybridized carbons (Fsp3) is 0.263. The maximum absolute atomic E-state index is 12.2. The summed E-state index contributed by atoms with van der Waals surface area (Å²) in [4.78, 5) is 14.2. The van der Waals surface area contributed by atoms with Crippen molar-refractivity contribution < 1.29 is 4.79 Å². The quantitative estimate of drug-likeness (QED) is 0.758. The first-order chi connectivity index (χ1) is 11.5. The van der Waals surface area contributed by atoms with Gasteiger partial charge in [0.15, 0.2) is 0 Å². The van der Waals surface area contributed by atoms with Gasteiger partial charge in [-0.1, -0.05) is 36.4 Å². The maximum Gasteiger partial charge on any atom is 0.238 e. The Balaban J connectivity index is 1.62. The first kappa shape index (κ1) is 16.2. The fourth-order valence-electron chi connectivity index (χ4n) is 2.86. The zero-order valence-corrected chi connectivity index (χ0v) is 14.3. The van der Waals surface area contributed by atoms with Crippen molar-refractivity contribution in [2.45, 2.75) is 20.4 Å². The molecule has 0 radical (unpaired) electrons. The molecule has 1 amide bonds. The molecule has 1 heterocycles. The Morgan fingerprint density at radius 1 is 1.17 bits per heavy atom. The maximum atomic E-state index is 12.2. The number of fused-ring (bicyclic) bond motifs is 1. The Morgan fingerprint density at radius 3 is 2.62 bits per heavy atom. The second-order valence-corrected chi connectivity index (χ2v) is 6.21. The molecule has 0 aliphatic heterocycles. The first-order valence-corrected chi connectivity index (χ1v) is 8.00. The van der Waals surface area contributed by atoms with Crippen molar-refractivity contribution in [3.63, 3.8) is 0 Å². The lowest BCUT2D eigenvalue weighted by Crippen LogP contribution is -2.30. The van der Waals surface area contributed by atoms with Crippen LogP contribution in [0.4, 0.5) is 5.69 Å². The number of anilines is 1. The van der Waals surface area contributed by atoms with E-state index in [-0.39, 0.29) is 5.91 Å². The molecule has 0 aliphatic rings. The molecule has 0 spiro atoms. The Bertz CT molecular complexity index is 849. The monoisotopic (exact) mass is 322 g/mol. The van der Waals surface area contributed by atoms with Crippen molar-refractivity contribution in [2.24, 2.45) is 0 Å². The van der Waals surface area contributed by atoms with E-state index in [1.54, 1.807) is 0 Å². The largest absolute Gasteiger partial charge is 0.322 e. The van der Waals surface area contributed by atoms with Crippen LogP contribution in [0.2, 0.25) is 0 Å². The zero-order chi connectivity index (χ0) is 17.1. The number of nitrogens with one attached hydrogen (secondary N) is 2. The van der Waals surface area contributed by atoms with Crippen LogP contribution in [0, 0.1) is 13.8 Å². The third-order valence-corrected chi connectivity index (χ3v) is 4.07. The Labute approximate surface area is 141 Å². The van der Waals surface area contributed by atoms with Crippen LogP contribution in [0.5, 0.6) is 0 Å². The van der Waals surface area contributed by atoms with E-state index < -0.39 is 0 Å². The van der Waals surface area contributed by atoms with Crippen molar-refractivity contribution in [1.29, 1.82) is 0 Å². The first-order valence-electron chi connectivity index (χ1n) is 8.00. The number of hydrogen-bond acceptors (Lipinski definition) is 3. The Kier molecular flexibility index (Phi) is 4.62. The average Bonchev–Trinajstić information content (AvgIpc) is 2.86. The van der Waals surface area contributed by atoms with E-state index in [4.69, 9.17) is 0 Å². The van der Waals surface area contributed by atoms with Crippen molar-refractivity contribution in [3.05, 3.63) is 59.4 Å². The van der Waals surface area contributed by atoms with E-state index >= 15 is 0 Å². The van der Waals surface area contributed by atoms with E-state index in [1.807, 2.05) is 37.9 Å². The summed E-state index contributed by atoms with van der Waals surface area (Å²) in [5, 5.41) is 12.3. The lowest BCUT2D eigenvalue weighted by atomic mass is 10.1. The van der Waals surface area contributed by atoms with Crippen molar-refractivity contribution >= 4 is 22.4 Å². The van der Waals surface area contributed by atoms with Gasteiger partial charge >= 0.3 is 0 Å². The van der Waals surface area contributed by atoms with E-state index in [2.05, 4.69) is 45.8 Å². The van der Waals surface area contributed by atoms with Gasteiger partial charge in [-0.25, -0.2) is 0 Å². The highest BCUT2D eigenvalue weighted by Crippen LogP contribution is 2.17. The van der Waals surface area contributed by atoms with E-state index in [0.717, 1.165) is 23.6 Å². The number of rotatable bonds is 5. The molecule has 3 rings (SSSR count). The summed E-state index contributed by atoms with van der Waals surface area (Å²) in [6, 6.07) is 14.7. The summed E-state index contributed by atoms with van der Waals surface area (Å²) in [6.45, 7) is 4.82. The molecule has 0 bridgehead atoms. The van der Waals surface area contributed by atoms with E-state index in [9.17, 15) is 4.79 Å². The minimum atomic E-state index is -0.0362. The second kappa shape index (κ2) is 6.84. The van der Waals surface area contributed by atoms with Crippen LogP contribution in [0.3, 0.4) is 0 Å². The number of nitrogens with zero attached hydrogens (tertiary/aromatic N) is 2. The van der Waals surface area contributed by atoms with Gasteiger partial charge in [0.05, 0.1) is 23.6 Å². The average molecular weight is 322 g/mol. The molecule has 5 heteroatoms. The van der Waals surface area contributed by atoms with Gasteiger partial charge in [-0.15, -0.1) is 0 Å². The molecule has 0 fully saturated rings. The van der Waals surface area contributed by atoms with Crippen LogP contribution in [0.15, 0.2) is 42.5 Å². The third-order valence-electron chi connectivity index (χ3n) is 4.07. The molecule has 124 valence electrons. The SMILES string of the molecule is Cc1n[nH]c(C)c1NC(=O)CN(C)Cc1ccc2ccccc2c1. The molecule has 1 aromatic heterocycles. The summed E-state index contributed by atoms with van der Waals surface area (Å²) in [5.41, 5.74) is 3.65. The number of carbonyl (C=O) groups excluding carboxylic acids is 1. The van der Waals surface area contributed by atoms with Gasteiger partial charge in [-0.05, 0) is 43.3 Å². The minimum Gasteiger partial charge on any atom is -0.322 e. The molecule has 0 unspecified atom stereocenters. The number of H-pyrrole nitrogens is 1. The predicted octanol–water partition coefficient (Wildman–Crippen LogP) is 3.25. The smallest absolute Gasteiger partial charge is 0.238 e. The lowest BCUT2D eigenvalue weighted by Gasteiger charge is -2.17. The standard InChI is InChI=1S/C19H22N4O/c1-13-19(14(2)22-21-13)20-18(24)12-23(3)11-15-8-9-16-6-4-5-7-17(16)10-15/h4-10H,11-12H2,1-3H3,(H,20,24)(H,21,22). The molecule has 0 saturated carbocycles. The number of hydrogen-bond donors (Lipinski definition) is 2. The highest BCUT2D eigenvalue weighted by Gasteiger charge is 2.12. The topological polar surface area (TPSA) is 61.0 Å². The molecule has 0 aliphatic carbocycles. The van der Waals surface area contributed by atoms with Crippen molar-refractivity contribution in [1.82, 2.24) is 15.1 Å². The van der Waals surface area contributed by atoms with Gasteiger partial charge < -0.3 is 5.32 Å². The number of carbonyl (C=O) groups is 1. The molecular weight excluding hydrogens is 300 g/mol. The summed E-state index contributed by atoms with van der Waals surface area (Å²) in [5.74, 6) is -0.0362. The van der Waals surface area contributed by atoms with Crippen LogP contribution in [0.1, 0.15) is 17.0 Å².